The van der Waals surface area contributed by atoms with Gasteiger partial charge in [0.15, 0.2) is 5.82 Å². The van der Waals surface area contributed by atoms with Gasteiger partial charge in [-0.2, -0.15) is 16.9 Å². The molecule has 0 aromatic carbocycles. The normalized spacial score (nSPS) is 12.5. The highest BCUT2D eigenvalue weighted by Crippen LogP contribution is 2.19. The fraction of sp³-hybridized carbons (Fsp3) is 0.636. The lowest BCUT2D eigenvalue weighted by molar-refractivity contribution is 0.657. The van der Waals surface area contributed by atoms with Crippen LogP contribution < -0.4 is 10.6 Å². The highest BCUT2D eigenvalue weighted by atomic mass is 32.2. The average molecular weight is 240 g/mol. The van der Waals surface area contributed by atoms with E-state index in [0.717, 1.165) is 23.6 Å². The van der Waals surface area contributed by atoms with Crippen molar-refractivity contribution in [3.05, 3.63) is 17.8 Å². The maximum Gasteiger partial charge on any atom is 0.155 e. The molecule has 1 aromatic rings. The van der Waals surface area contributed by atoms with Crippen LogP contribution in [0.1, 0.15) is 18.9 Å². The Balaban J connectivity index is 2.88. The van der Waals surface area contributed by atoms with E-state index in [0.29, 0.717) is 12.6 Å². The minimum atomic E-state index is 0.483. The van der Waals surface area contributed by atoms with Crippen LogP contribution in [0.15, 0.2) is 12.3 Å². The summed E-state index contributed by atoms with van der Waals surface area (Å²) < 4.78 is 0. The number of rotatable bonds is 6. The summed E-state index contributed by atoms with van der Waals surface area (Å²) in [7, 11) is 2.06. The van der Waals surface area contributed by atoms with Crippen molar-refractivity contribution in [2.45, 2.75) is 25.9 Å². The molecule has 0 fully saturated rings. The van der Waals surface area contributed by atoms with Crippen LogP contribution in [-0.4, -0.2) is 35.3 Å². The van der Waals surface area contributed by atoms with Gasteiger partial charge in [0, 0.05) is 31.0 Å². The monoisotopic (exact) mass is 240 g/mol. The molecular formula is C11H20N4S. The van der Waals surface area contributed by atoms with Crippen molar-refractivity contribution in [2.75, 3.05) is 24.0 Å². The van der Waals surface area contributed by atoms with E-state index in [1.54, 1.807) is 6.20 Å². The summed E-state index contributed by atoms with van der Waals surface area (Å²) in [5.41, 5.74) is 6.76. The minimum Gasteiger partial charge on any atom is -0.354 e. The first-order chi connectivity index (χ1) is 7.74. The van der Waals surface area contributed by atoms with E-state index in [2.05, 4.69) is 35.3 Å². The fourth-order valence-electron chi connectivity index (χ4n) is 1.68. The standard InChI is InChI=1S/C11H20N4S/c1-4-10(8-16-3)15(2)11-9(7-12)5-6-13-14-11/h5-6,10H,4,7-8,12H2,1-3H3. The van der Waals surface area contributed by atoms with E-state index in [1.165, 1.54) is 0 Å². The Kier molecular flexibility index (Phi) is 5.55. The van der Waals surface area contributed by atoms with Crippen molar-refractivity contribution in [1.29, 1.82) is 0 Å². The largest absolute Gasteiger partial charge is 0.354 e. The van der Waals surface area contributed by atoms with Gasteiger partial charge in [-0.15, -0.1) is 5.10 Å². The summed E-state index contributed by atoms with van der Waals surface area (Å²) in [5, 5.41) is 8.12. The van der Waals surface area contributed by atoms with E-state index < -0.39 is 0 Å². The lowest BCUT2D eigenvalue weighted by Crippen LogP contribution is -2.34. The van der Waals surface area contributed by atoms with Gasteiger partial charge in [0.05, 0.1) is 6.20 Å². The molecule has 1 unspecified atom stereocenters. The van der Waals surface area contributed by atoms with Gasteiger partial charge in [-0.05, 0) is 18.7 Å². The molecule has 1 atom stereocenters. The second-order valence-electron chi connectivity index (χ2n) is 3.71. The molecule has 2 N–H and O–H groups in total. The van der Waals surface area contributed by atoms with E-state index >= 15 is 0 Å². The molecule has 0 aliphatic heterocycles. The van der Waals surface area contributed by atoms with Gasteiger partial charge >= 0.3 is 0 Å². The number of nitrogens with zero attached hydrogens (tertiary/aromatic N) is 3. The van der Waals surface area contributed by atoms with E-state index in [9.17, 15) is 0 Å². The maximum atomic E-state index is 5.70. The average Bonchev–Trinajstić information content (AvgIpc) is 2.35. The summed E-state index contributed by atoms with van der Waals surface area (Å²) in [6, 6.07) is 2.42. The molecule has 0 amide bonds. The van der Waals surface area contributed by atoms with Gasteiger partial charge < -0.3 is 10.6 Å². The van der Waals surface area contributed by atoms with E-state index in [1.807, 2.05) is 17.8 Å². The molecular weight excluding hydrogens is 220 g/mol. The molecule has 0 radical (unpaired) electrons. The first kappa shape index (κ1) is 13.3. The Morgan fingerprint density at radius 1 is 1.56 bits per heavy atom. The summed E-state index contributed by atoms with van der Waals surface area (Å²) in [5.74, 6) is 2.00. The number of aromatic nitrogens is 2. The summed E-state index contributed by atoms with van der Waals surface area (Å²) in [6.45, 7) is 2.70. The zero-order valence-corrected chi connectivity index (χ0v) is 11.0. The lowest BCUT2D eigenvalue weighted by Gasteiger charge is -2.28. The highest BCUT2D eigenvalue weighted by Gasteiger charge is 2.16. The molecule has 1 rings (SSSR count). The zero-order valence-electron chi connectivity index (χ0n) is 10.2. The number of hydrogen-bond acceptors (Lipinski definition) is 5. The summed E-state index contributed by atoms with van der Waals surface area (Å²) in [6.07, 6.45) is 4.91. The first-order valence-corrected chi connectivity index (χ1v) is 6.86. The van der Waals surface area contributed by atoms with Gasteiger partial charge in [-0.25, -0.2) is 0 Å². The van der Waals surface area contributed by atoms with Crippen molar-refractivity contribution < 1.29 is 0 Å². The summed E-state index contributed by atoms with van der Waals surface area (Å²) >= 11 is 1.85. The van der Waals surface area contributed by atoms with Crippen molar-refractivity contribution in [1.82, 2.24) is 10.2 Å². The molecule has 0 saturated heterocycles. The van der Waals surface area contributed by atoms with Crippen LogP contribution in [0.3, 0.4) is 0 Å². The van der Waals surface area contributed by atoms with Gasteiger partial charge in [0.25, 0.3) is 0 Å². The molecule has 16 heavy (non-hydrogen) atoms. The van der Waals surface area contributed by atoms with Crippen LogP contribution >= 0.6 is 11.8 Å². The van der Waals surface area contributed by atoms with Crippen LogP contribution in [0.25, 0.3) is 0 Å². The first-order valence-electron chi connectivity index (χ1n) is 5.47. The molecule has 1 aromatic heterocycles. The molecule has 5 heteroatoms. The van der Waals surface area contributed by atoms with Crippen LogP contribution in [-0.2, 0) is 6.54 Å². The van der Waals surface area contributed by atoms with E-state index in [4.69, 9.17) is 5.73 Å². The second kappa shape index (κ2) is 6.70. The molecule has 0 aliphatic carbocycles. The summed E-state index contributed by atoms with van der Waals surface area (Å²) in [4.78, 5) is 2.19. The maximum absolute atomic E-state index is 5.70. The van der Waals surface area contributed by atoms with Gasteiger partial charge in [0.2, 0.25) is 0 Å². The van der Waals surface area contributed by atoms with Crippen LogP contribution in [0.2, 0.25) is 0 Å². The quantitative estimate of drug-likeness (QED) is 0.817. The third-order valence-electron chi connectivity index (χ3n) is 2.71. The molecule has 0 spiro atoms. The molecule has 4 nitrogen and oxygen atoms in total. The Morgan fingerprint density at radius 2 is 2.31 bits per heavy atom. The lowest BCUT2D eigenvalue weighted by atomic mass is 10.2. The topological polar surface area (TPSA) is 55.0 Å². The number of thioether (sulfide) groups is 1. The third-order valence-corrected chi connectivity index (χ3v) is 3.43. The number of nitrogens with two attached hydrogens (primary N) is 1. The van der Waals surface area contributed by atoms with Gasteiger partial charge in [0.1, 0.15) is 0 Å². The predicted molar refractivity (Wildman–Crippen MR) is 70.8 cm³/mol. The zero-order chi connectivity index (χ0) is 12.0. The van der Waals surface area contributed by atoms with Crippen molar-refractivity contribution in [3.63, 3.8) is 0 Å². The fourth-order valence-corrected chi connectivity index (χ4v) is 2.52. The Hall–Kier alpha value is -0.810. The Bertz CT molecular complexity index is 319. The SMILES string of the molecule is CCC(CSC)N(C)c1nnccc1CN. The molecule has 0 bridgehead atoms. The minimum absolute atomic E-state index is 0.483. The molecule has 1 heterocycles. The molecule has 0 aliphatic rings. The number of hydrogen-bond donors (Lipinski definition) is 1. The molecule has 90 valence electrons. The number of anilines is 1. The van der Waals surface area contributed by atoms with Crippen LogP contribution in [0.5, 0.6) is 0 Å². The smallest absolute Gasteiger partial charge is 0.155 e. The highest BCUT2D eigenvalue weighted by molar-refractivity contribution is 7.98. The van der Waals surface area contributed by atoms with Crippen LogP contribution in [0, 0.1) is 0 Å². The Labute approximate surface area is 102 Å². The van der Waals surface area contributed by atoms with Crippen molar-refractivity contribution >= 4 is 17.6 Å². The van der Waals surface area contributed by atoms with Crippen molar-refractivity contribution in [2.24, 2.45) is 5.73 Å². The van der Waals surface area contributed by atoms with Crippen molar-refractivity contribution in [3.8, 4) is 0 Å². The van der Waals surface area contributed by atoms with Gasteiger partial charge in [-0.3, -0.25) is 0 Å². The molecule has 0 saturated carbocycles. The van der Waals surface area contributed by atoms with Gasteiger partial charge in [-0.1, -0.05) is 6.92 Å². The predicted octanol–water partition coefficient (Wildman–Crippen LogP) is 1.51. The van der Waals surface area contributed by atoms with E-state index in [-0.39, 0.29) is 0 Å². The Morgan fingerprint density at radius 3 is 2.88 bits per heavy atom. The second-order valence-corrected chi connectivity index (χ2v) is 4.62. The van der Waals surface area contributed by atoms with Crippen LogP contribution in [0.4, 0.5) is 5.82 Å². The third kappa shape index (κ3) is 3.09.